The molecule has 0 saturated heterocycles. The standard InChI is InChI=1S/C53H98NO8P/c1-3-5-7-9-11-13-15-17-19-21-23-24-25-26-28-30-32-34-36-38-40-42-44-46-53(57)60-49-51(55)50-62-63(58,59)61-48-47-54-52(56)45-43-41-39-37-35-33-31-29-27-22-20-18-16-14-12-10-8-6-4-2/h12,14,17-20,27,29,51,55H,3-11,13,15-16,21-26,28,30-50H2,1-2H3,(H,54,56)(H,58,59)/b14-12-,19-17+,20-18-,29-27-. The first-order valence-electron chi connectivity index (χ1n) is 26.1. The summed E-state index contributed by atoms with van der Waals surface area (Å²) in [5, 5.41) is 12.8. The van der Waals surface area contributed by atoms with Crippen molar-refractivity contribution in [3.63, 3.8) is 0 Å². The molecule has 0 fully saturated rings. The molecule has 0 aromatic carbocycles. The van der Waals surface area contributed by atoms with Gasteiger partial charge in [0.2, 0.25) is 5.91 Å². The predicted octanol–water partition coefficient (Wildman–Crippen LogP) is 15.4. The van der Waals surface area contributed by atoms with Crippen molar-refractivity contribution in [3.05, 3.63) is 48.6 Å². The third-order valence-corrected chi connectivity index (χ3v) is 12.2. The molecule has 0 aliphatic rings. The number of carbonyl (C=O) groups excluding carboxylic acids is 2. The Bertz CT molecular complexity index is 1170. The first-order chi connectivity index (χ1) is 30.8. The van der Waals surface area contributed by atoms with Crippen molar-refractivity contribution < 1.29 is 37.9 Å². The van der Waals surface area contributed by atoms with E-state index in [0.29, 0.717) is 6.42 Å². The minimum Gasteiger partial charge on any atom is -0.463 e. The smallest absolute Gasteiger partial charge is 0.463 e. The van der Waals surface area contributed by atoms with Crippen LogP contribution < -0.4 is 5.32 Å². The van der Waals surface area contributed by atoms with Gasteiger partial charge in [-0.1, -0.05) is 204 Å². The Hall–Kier alpha value is -2.03. The van der Waals surface area contributed by atoms with Crippen molar-refractivity contribution in [1.82, 2.24) is 5.32 Å². The molecule has 0 rings (SSSR count). The van der Waals surface area contributed by atoms with Crippen molar-refractivity contribution >= 4 is 19.7 Å². The van der Waals surface area contributed by atoms with E-state index in [2.05, 4.69) is 67.8 Å². The second-order valence-electron chi connectivity index (χ2n) is 17.5. The van der Waals surface area contributed by atoms with Crippen LogP contribution in [0.15, 0.2) is 48.6 Å². The Balaban J connectivity index is 3.56. The van der Waals surface area contributed by atoms with Crippen LogP contribution in [-0.4, -0.2) is 54.3 Å². The maximum absolute atomic E-state index is 12.2. The number of carbonyl (C=O) groups is 2. The first kappa shape index (κ1) is 61.0. The van der Waals surface area contributed by atoms with Crippen molar-refractivity contribution in [2.45, 2.75) is 251 Å². The van der Waals surface area contributed by atoms with Crippen molar-refractivity contribution in [1.29, 1.82) is 0 Å². The van der Waals surface area contributed by atoms with E-state index in [1.54, 1.807) is 0 Å². The Morgan fingerprint density at radius 1 is 0.492 bits per heavy atom. The Morgan fingerprint density at radius 2 is 0.857 bits per heavy atom. The van der Waals surface area contributed by atoms with Crippen LogP contribution in [0.25, 0.3) is 0 Å². The molecule has 10 heteroatoms. The molecule has 63 heavy (non-hydrogen) atoms. The maximum atomic E-state index is 12.2. The highest BCUT2D eigenvalue weighted by Crippen LogP contribution is 2.42. The van der Waals surface area contributed by atoms with Crippen molar-refractivity contribution in [2.75, 3.05) is 26.4 Å². The van der Waals surface area contributed by atoms with Crippen LogP contribution in [0, 0.1) is 0 Å². The average molecular weight is 908 g/mol. The van der Waals surface area contributed by atoms with Crippen LogP contribution in [0.1, 0.15) is 245 Å². The number of hydrogen-bond donors (Lipinski definition) is 3. The van der Waals surface area contributed by atoms with Gasteiger partial charge in [-0.15, -0.1) is 0 Å². The lowest BCUT2D eigenvalue weighted by atomic mass is 10.0. The molecular formula is C53H98NO8P. The number of rotatable bonds is 49. The van der Waals surface area contributed by atoms with Gasteiger partial charge in [-0.25, -0.2) is 4.57 Å². The molecule has 368 valence electrons. The average Bonchev–Trinajstić information content (AvgIpc) is 3.27. The highest BCUT2D eigenvalue weighted by Gasteiger charge is 2.23. The summed E-state index contributed by atoms with van der Waals surface area (Å²) in [5.74, 6) is -0.524. The van der Waals surface area contributed by atoms with E-state index in [1.165, 1.54) is 154 Å². The molecule has 0 aliphatic heterocycles. The van der Waals surface area contributed by atoms with E-state index >= 15 is 0 Å². The maximum Gasteiger partial charge on any atom is 0.472 e. The predicted molar refractivity (Wildman–Crippen MR) is 266 cm³/mol. The number of phosphoric ester groups is 1. The number of aliphatic hydroxyl groups excluding tert-OH is 1. The van der Waals surface area contributed by atoms with Gasteiger partial charge in [-0.3, -0.25) is 18.6 Å². The zero-order chi connectivity index (χ0) is 46.0. The van der Waals surface area contributed by atoms with Crippen LogP contribution >= 0.6 is 7.82 Å². The topological polar surface area (TPSA) is 131 Å². The van der Waals surface area contributed by atoms with E-state index < -0.39 is 26.5 Å². The molecule has 0 aromatic rings. The van der Waals surface area contributed by atoms with Gasteiger partial charge in [0, 0.05) is 19.4 Å². The third-order valence-electron chi connectivity index (χ3n) is 11.2. The molecule has 0 radical (unpaired) electrons. The van der Waals surface area contributed by atoms with Gasteiger partial charge in [0.05, 0.1) is 13.2 Å². The number of ether oxygens (including phenoxy) is 1. The Labute approximate surface area is 387 Å². The van der Waals surface area contributed by atoms with Crippen molar-refractivity contribution in [3.8, 4) is 0 Å². The van der Waals surface area contributed by atoms with E-state index in [4.69, 9.17) is 13.8 Å². The Morgan fingerprint density at radius 3 is 1.33 bits per heavy atom. The molecule has 0 spiro atoms. The highest BCUT2D eigenvalue weighted by molar-refractivity contribution is 7.47. The Kier molecular flexibility index (Phi) is 47.8. The minimum atomic E-state index is -4.43. The second-order valence-corrected chi connectivity index (χ2v) is 18.9. The number of amides is 1. The van der Waals surface area contributed by atoms with Gasteiger partial charge >= 0.3 is 13.8 Å². The zero-order valence-corrected chi connectivity index (χ0v) is 41.7. The number of hydrogen-bond acceptors (Lipinski definition) is 7. The number of nitrogens with one attached hydrogen (secondary N) is 1. The summed E-state index contributed by atoms with van der Waals surface area (Å²) in [6.45, 7) is 3.54. The number of unbranched alkanes of at least 4 members (excludes halogenated alkanes) is 28. The molecule has 9 nitrogen and oxygen atoms in total. The SMILES string of the molecule is CCCCC/C=C\C/C=C\C/C=C\CCCCCCCCC(=O)NCCOP(=O)(O)OCC(O)COC(=O)CCCCCCCCCCCCCCC/C=C/CCCCCCCC. The summed E-state index contributed by atoms with van der Waals surface area (Å²) < 4.78 is 27.0. The van der Waals surface area contributed by atoms with Gasteiger partial charge < -0.3 is 20.1 Å². The van der Waals surface area contributed by atoms with Crippen LogP contribution in [0.5, 0.6) is 0 Å². The monoisotopic (exact) mass is 908 g/mol. The lowest BCUT2D eigenvalue weighted by molar-refractivity contribution is -0.147. The fourth-order valence-corrected chi connectivity index (χ4v) is 8.02. The van der Waals surface area contributed by atoms with Gasteiger partial charge in [-0.2, -0.15) is 0 Å². The summed E-state index contributed by atoms with van der Waals surface area (Å²) >= 11 is 0. The summed E-state index contributed by atoms with van der Waals surface area (Å²) in [6.07, 6.45) is 59.1. The first-order valence-corrected chi connectivity index (χ1v) is 27.6. The molecule has 0 aliphatic carbocycles. The summed E-state index contributed by atoms with van der Waals surface area (Å²) in [6, 6.07) is 0. The normalized spacial score (nSPS) is 13.5. The van der Waals surface area contributed by atoms with Gasteiger partial charge in [0.1, 0.15) is 12.7 Å². The minimum absolute atomic E-state index is 0.0740. The summed E-state index contributed by atoms with van der Waals surface area (Å²) in [4.78, 5) is 34.1. The highest BCUT2D eigenvalue weighted by atomic mass is 31.2. The number of esters is 1. The van der Waals surface area contributed by atoms with Gasteiger partial charge in [0.25, 0.3) is 0 Å². The number of aliphatic hydroxyl groups is 1. The molecule has 0 aromatic heterocycles. The quantitative estimate of drug-likeness (QED) is 0.0238. The fourth-order valence-electron chi connectivity index (χ4n) is 7.27. The molecular weight excluding hydrogens is 810 g/mol. The van der Waals surface area contributed by atoms with Crippen LogP contribution in [0.2, 0.25) is 0 Å². The van der Waals surface area contributed by atoms with Crippen LogP contribution in [-0.2, 0) is 27.9 Å². The zero-order valence-electron chi connectivity index (χ0n) is 40.8. The lowest BCUT2D eigenvalue weighted by Crippen LogP contribution is -2.27. The fraction of sp³-hybridized carbons (Fsp3) is 0.811. The van der Waals surface area contributed by atoms with Crippen LogP contribution in [0.4, 0.5) is 0 Å². The largest absolute Gasteiger partial charge is 0.472 e. The molecule has 0 bridgehead atoms. The molecule has 1 amide bonds. The lowest BCUT2D eigenvalue weighted by Gasteiger charge is -2.15. The van der Waals surface area contributed by atoms with Crippen LogP contribution in [0.3, 0.4) is 0 Å². The summed E-state index contributed by atoms with van der Waals surface area (Å²) in [5.41, 5.74) is 0. The van der Waals surface area contributed by atoms with E-state index in [-0.39, 0.29) is 32.1 Å². The van der Waals surface area contributed by atoms with E-state index in [0.717, 1.165) is 64.2 Å². The van der Waals surface area contributed by atoms with E-state index in [1.807, 2.05) is 0 Å². The van der Waals surface area contributed by atoms with Crippen molar-refractivity contribution in [2.24, 2.45) is 0 Å². The number of phosphoric acid groups is 1. The molecule has 0 saturated carbocycles. The third kappa shape index (κ3) is 50.8. The van der Waals surface area contributed by atoms with Gasteiger partial charge in [-0.05, 0) is 77.0 Å². The second kappa shape index (κ2) is 49.4. The van der Waals surface area contributed by atoms with E-state index in [9.17, 15) is 24.2 Å². The van der Waals surface area contributed by atoms with Gasteiger partial charge in [0.15, 0.2) is 0 Å². The molecule has 3 N–H and O–H groups in total. The number of allylic oxidation sites excluding steroid dienone is 8. The molecule has 2 atom stereocenters. The molecule has 2 unspecified atom stereocenters. The molecule has 0 heterocycles. The summed E-state index contributed by atoms with van der Waals surface area (Å²) in [7, 11) is -4.43.